The van der Waals surface area contributed by atoms with E-state index in [9.17, 15) is 19.5 Å². The average molecular weight is 450 g/mol. The molecule has 2 rings (SSSR count). The molecule has 0 radical (unpaired) electrons. The topological polar surface area (TPSA) is 117 Å². The molecular weight excluding hydrogens is 423 g/mol. The lowest BCUT2D eigenvalue weighted by molar-refractivity contribution is -0.384. The van der Waals surface area contributed by atoms with Gasteiger partial charge in [-0.1, -0.05) is 39.0 Å². The van der Waals surface area contributed by atoms with Gasteiger partial charge in [0.15, 0.2) is 0 Å². The monoisotopic (exact) mass is 450 g/mol. The number of non-ortho nitro benzene ring substituents is 1. The van der Waals surface area contributed by atoms with Gasteiger partial charge in [-0.15, -0.1) is 0 Å². The summed E-state index contributed by atoms with van der Waals surface area (Å²) >= 11 is 0. The molecule has 2 atom stereocenters. The summed E-state index contributed by atoms with van der Waals surface area (Å²) in [6.45, 7) is 7.80. The van der Waals surface area contributed by atoms with Gasteiger partial charge in [0, 0.05) is 12.1 Å². The summed E-state index contributed by atoms with van der Waals surface area (Å²) in [5.41, 5.74) is -0.142. The van der Waals surface area contributed by atoms with Crippen LogP contribution < -0.4 is 14.1 Å². The number of benzene rings is 2. The molecule has 168 valence electrons. The van der Waals surface area contributed by atoms with Gasteiger partial charge in [-0.05, 0) is 43.0 Å². The van der Waals surface area contributed by atoms with Crippen LogP contribution in [0, 0.1) is 15.5 Å². The molecule has 0 bridgehead atoms. The molecule has 0 aliphatic rings. The van der Waals surface area contributed by atoms with E-state index in [2.05, 4.69) is 5.09 Å². The van der Waals surface area contributed by atoms with Gasteiger partial charge in [0.2, 0.25) is 0 Å². The van der Waals surface area contributed by atoms with Gasteiger partial charge < -0.3 is 13.8 Å². The molecule has 2 aromatic carbocycles. The predicted octanol–water partition coefficient (Wildman–Crippen LogP) is 5.12. The van der Waals surface area contributed by atoms with Gasteiger partial charge >= 0.3 is 13.7 Å². The summed E-state index contributed by atoms with van der Waals surface area (Å²) in [7, 11) is -4.10. The number of esters is 1. The zero-order valence-electron chi connectivity index (χ0n) is 17.9. The van der Waals surface area contributed by atoms with Crippen LogP contribution in [0.3, 0.4) is 0 Å². The third-order valence-corrected chi connectivity index (χ3v) is 5.65. The maximum absolute atomic E-state index is 13.4. The summed E-state index contributed by atoms with van der Waals surface area (Å²) in [6, 6.07) is 12.3. The Morgan fingerprint density at radius 1 is 1.06 bits per heavy atom. The first-order valence-corrected chi connectivity index (χ1v) is 11.2. The number of carbonyl (C=O) groups excluding carboxylic acids is 1. The van der Waals surface area contributed by atoms with Crippen molar-refractivity contribution in [3.8, 4) is 11.5 Å². The number of carbonyl (C=O) groups is 1. The fourth-order valence-electron chi connectivity index (χ4n) is 2.33. The van der Waals surface area contributed by atoms with Crippen molar-refractivity contribution in [1.29, 1.82) is 0 Å². The molecule has 0 saturated carbocycles. The summed E-state index contributed by atoms with van der Waals surface area (Å²) in [5.74, 6) is -0.271. The van der Waals surface area contributed by atoms with Crippen molar-refractivity contribution in [3.63, 3.8) is 0 Å². The van der Waals surface area contributed by atoms with Gasteiger partial charge in [0.05, 0.1) is 11.5 Å². The maximum atomic E-state index is 13.4. The van der Waals surface area contributed by atoms with Gasteiger partial charge in [-0.25, -0.2) is 4.57 Å². The Hall–Kier alpha value is -2.90. The molecule has 0 aliphatic heterocycles. The van der Waals surface area contributed by atoms with Crippen molar-refractivity contribution in [3.05, 3.63) is 64.7 Å². The quantitative estimate of drug-likeness (QED) is 0.229. The van der Waals surface area contributed by atoms with Crippen LogP contribution in [0.1, 0.15) is 34.1 Å². The van der Waals surface area contributed by atoms with Crippen molar-refractivity contribution in [2.75, 3.05) is 6.61 Å². The van der Waals surface area contributed by atoms with E-state index in [0.29, 0.717) is 6.42 Å². The highest BCUT2D eigenvalue weighted by molar-refractivity contribution is 7.52. The lowest BCUT2D eigenvalue weighted by atomic mass is 9.93. The molecule has 0 saturated heterocycles. The van der Waals surface area contributed by atoms with Crippen molar-refractivity contribution >= 4 is 19.4 Å². The van der Waals surface area contributed by atoms with Crippen LogP contribution in [0.5, 0.6) is 11.5 Å². The summed E-state index contributed by atoms with van der Waals surface area (Å²) < 4.78 is 29.7. The van der Waals surface area contributed by atoms with E-state index in [1.54, 1.807) is 30.3 Å². The predicted molar refractivity (Wildman–Crippen MR) is 116 cm³/mol. The molecule has 1 unspecified atom stereocenters. The molecule has 10 heteroatoms. The van der Waals surface area contributed by atoms with E-state index in [-0.39, 0.29) is 29.2 Å². The third kappa shape index (κ3) is 8.39. The first kappa shape index (κ1) is 24.4. The Labute approximate surface area is 181 Å². The van der Waals surface area contributed by atoms with E-state index in [1.165, 1.54) is 31.2 Å². The summed E-state index contributed by atoms with van der Waals surface area (Å²) in [6.07, 6.45) is 0.670. The number of nitro groups is 1. The largest absolute Gasteiger partial charge is 0.513 e. The Morgan fingerprint density at radius 3 is 2.13 bits per heavy atom. The van der Waals surface area contributed by atoms with Crippen molar-refractivity contribution in [2.24, 2.45) is 5.41 Å². The number of hydrogen-bond acceptors (Lipinski definition) is 7. The molecule has 9 nitrogen and oxygen atoms in total. The van der Waals surface area contributed by atoms with E-state index in [0.717, 1.165) is 0 Å². The molecule has 0 aromatic heterocycles. The van der Waals surface area contributed by atoms with Crippen LogP contribution in [0.2, 0.25) is 0 Å². The highest BCUT2D eigenvalue weighted by Crippen LogP contribution is 2.45. The number of hydrogen-bond donors (Lipinski definition) is 1. The van der Waals surface area contributed by atoms with Crippen LogP contribution >= 0.6 is 7.75 Å². The van der Waals surface area contributed by atoms with Crippen LogP contribution in [0.4, 0.5) is 5.69 Å². The highest BCUT2D eigenvalue weighted by Gasteiger charge is 2.34. The average Bonchev–Trinajstić information content (AvgIpc) is 2.67. The van der Waals surface area contributed by atoms with Gasteiger partial charge in [-0.2, -0.15) is 5.09 Å². The molecule has 0 spiro atoms. The number of nitrogens with zero attached hydrogens (tertiary/aromatic N) is 1. The molecule has 0 fully saturated rings. The zero-order chi connectivity index (χ0) is 23.1. The fraction of sp³-hybridized carbons (Fsp3) is 0.381. The Balaban J connectivity index is 2.14. The molecule has 31 heavy (non-hydrogen) atoms. The van der Waals surface area contributed by atoms with E-state index in [4.69, 9.17) is 13.8 Å². The summed E-state index contributed by atoms with van der Waals surface area (Å²) in [4.78, 5) is 22.6. The third-order valence-electron chi connectivity index (χ3n) is 4.04. The zero-order valence-corrected chi connectivity index (χ0v) is 18.8. The van der Waals surface area contributed by atoms with Crippen LogP contribution in [0.15, 0.2) is 54.6 Å². The van der Waals surface area contributed by atoms with Gasteiger partial charge in [-0.3, -0.25) is 14.9 Å². The number of para-hydroxylation sites is 1. The van der Waals surface area contributed by atoms with Crippen molar-refractivity contribution in [2.45, 2.75) is 40.2 Å². The molecular formula is C21H27N2O7P. The first-order valence-electron chi connectivity index (χ1n) is 9.71. The Kier molecular flexibility index (Phi) is 8.19. The molecule has 2 aromatic rings. The minimum absolute atomic E-state index is 0.00168. The van der Waals surface area contributed by atoms with E-state index >= 15 is 0 Å². The molecule has 0 heterocycles. The second-order valence-electron chi connectivity index (χ2n) is 8.07. The van der Waals surface area contributed by atoms with Crippen molar-refractivity contribution in [1.82, 2.24) is 5.09 Å². The smallest absolute Gasteiger partial charge is 0.465 e. The molecule has 0 amide bonds. The van der Waals surface area contributed by atoms with Crippen LogP contribution in [-0.2, 0) is 14.1 Å². The van der Waals surface area contributed by atoms with E-state index in [1.807, 2.05) is 20.8 Å². The van der Waals surface area contributed by atoms with E-state index < -0.39 is 24.7 Å². The first-order chi connectivity index (χ1) is 14.5. The Morgan fingerprint density at radius 2 is 1.61 bits per heavy atom. The normalized spacial score (nSPS) is 14.2. The second kappa shape index (κ2) is 10.4. The van der Waals surface area contributed by atoms with Crippen LogP contribution in [-0.4, -0.2) is 23.5 Å². The Bertz CT molecular complexity index is 927. The minimum atomic E-state index is -4.10. The lowest BCUT2D eigenvalue weighted by Crippen LogP contribution is -2.36. The summed E-state index contributed by atoms with van der Waals surface area (Å²) in [5, 5.41) is 13.4. The maximum Gasteiger partial charge on any atom is 0.513 e. The molecule has 0 aliphatic carbocycles. The van der Waals surface area contributed by atoms with Crippen LogP contribution in [0.25, 0.3) is 0 Å². The lowest BCUT2D eigenvalue weighted by Gasteiger charge is -2.23. The second-order valence-corrected chi connectivity index (χ2v) is 9.69. The molecule has 1 N–H and O–H groups in total. The highest BCUT2D eigenvalue weighted by atomic mass is 31.2. The minimum Gasteiger partial charge on any atom is -0.465 e. The number of nitrogens with one attached hydrogen (secondary N) is 1. The van der Waals surface area contributed by atoms with Gasteiger partial charge in [0.1, 0.15) is 17.5 Å². The SMILES string of the molecule is C[C@H](NP(=O)(Oc1ccccc1)Oc1ccc([N+](=O)[O-])cc1)C(=O)OCCC(C)(C)C. The number of ether oxygens (including phenoxy) is 1. The standard InChI is InChI=1S/C21H27N2O7P/c1-16(20(24)28-15-14-21(2,3)4)22-31(27,29-18-8-6-5-7-9-18)30-19-12-10-17(11-13-19)23(25)26/h5-13,16H,14-15H2,1-4H3,(H,22,27)/t16-,31?/m0/s1. The number of rotatable bonds is 10. The number of nitro benzene ring substituents is 1. The van der Waals surface area contributed by atoms with Gasteiger partial charge in [0.25, 0.3) is 5.69 Å². The van der Waals surface area contributed by atoms with Crippen molar-refractivity contribution < 1.29 is 28.1 Å². The fourth-order valence-corrected chi connectivity index (χ4v) is 3.85.